The molecule has 94 valence electrons. The third-order valence-electron chi connectivity index (χ3n) is 3.20. The van der Waals surface area contributed by atoms with Crippen molar-refractivity contribution < 1.29 is 4.74 Å². The van der Waals surface area contributed by atoms with Crippen LogP contribution in [0.5, 0.6) is 5.75 Å². The van der Waals surface area contributed by atoms with Crippen LogP contribution < -0.4 is 10.5 Å². The Morgan fingerprint density at radius 1 is 1.53 bits per heavy atom. The first-order chi connectivity index (χ1) is 8.10. The predicted molar refractivity (Wildman–Crippen MR) is 73.5 cm³/mol. The molecular weight excluding hydrogens is 280 g/mol. The molecular formula is C13H19BrN2O. The summed E-state index contributed by atoms with van der Waals surface area (Å²) in [6.45, 7) is 4.81. The van der Waals surface area contributed by atoms with E-state index in [9.17, 15) is 0 Å². The fourth-order valence-corrected chi connectivity index (χ4v) is 2.44. The number of nitrogens with two attached hydrogens (primary N) is 1. The summed E-state index contributed by atoms with van der Waals surface area (Å²) in [5.41, 5.74) is 6.91. The third kappa shape index (κ3) is 3.00. The Balaban J connectivity index is 2.04. The van der Waals surface area contributed by atoms with Gasteiger partial charge >= 0.3 is 0 Å². The highest BCUT2D eigenvalue weighted by atomic mass is 79.9. The van der Waals surface area contributed by atoms with Gasteiger partial charge in [0.05, 0.1) is 4.47 Å². The van der Waals surface area contributed by atoms with Gasteiger partial charge in [-0.25, -0.2) is 0 Å². The van der Waals surface area contributed by atoms with Gasteiger partial charge in [-0.3, -0.25) is 4.90 Å². The van der Waals surface area contributed by atoms with Crippen LogP contribution in [0.2, 0.25) is 0 Å². The number of rotatable bonds is 4. The molecule has 0 saturated carbocycles. The lowest BCUT2D eigenvalue weighted by molar-refractivity contribution is 0.0383. The molecule has 1 aromatic carbocycles. The number of likely N-dealkylation sites (N-methyl/N-ethyl adjacent to an activating group) is 1. The van der Waals surface area contributed by atoms with Crippen LogP contribution in [0.25, 0.3) is 0 Å². The second-order valence-electron chi connectivity index (χ2n) is 4.79. The van der Waals surface area contributed by atoms with Crippen LogP contribution >= 0.6 is 15.9 Å². The van der Waals surface area contributed by atoms with Gasteiger partial charge in [0.25, 0.3) is 0 Å². The Bertz CT molecular complexity index is 391. The summed E-state index contributed by atoms with van der Waals surface area (Å²) in [5.74, 6) is 1.31. The van der Waals surface area contributed by atoms with Crippen LogP contribution in [-0.4, -0.2) is 37.7 Å². The summed E-state index contributed by atoms with van der Waals surface area (Å²) in [7, 11) is 2.10. The van der Waals surface area contributed by atoms with E-state index in [4.69, 9.17) is 10.5 Å². The van der Waals surface area contributed by atoms with E-state index in [-0.39, 0.29) is 0 Å². The molecule has 0 aromatic heterocycles. The normalized spacial score (nSPS) is 18.8. The molecule has 0 amide bonds. The molecule has 17 heavy (non-hydrogen) atoms. The lowest BCUT2D eigenvalue weighted by Crippen LogP contribution is -2.51. The standard InChI is InChI=1S/C13H19BrN2O/c1-9(6-15)10-3-4-13(12(14)5-10)17-11-7-16(2)8-11/h3-5,9,11H,6-8,15H2,1-2H3. The van der Waals surface area contributed by atoms with Crippen molar-refractivity contribution in [2.75, 3.05) is 26.7 Å². The maximum Gasteiger partial charge on any atom is 0.134 e. The number of benzene rings is 1. The topological polar surface area (TPSA) is 38.5 Å². The van der Waals surface area contributed by atoms with E-state index in [1.165, 1.54) is 5.56 Å². The summed E-state index contributed by atoms with van der Waals surface area (Å²) >= 11 is 3.56. The van der Waals surface area contributed by atoms with E-state index >= 15 is 0 Å². The van der Waals surface area contributed by atoms with E-state index < -0.39 is 0 Å². The van der Waals surface area contributed by atoms with E-state index in [1.807, 2.05) is 6.07 Å². The van der Waals surface area contributed by atoms with Gasteiger partial charge in [-0.05, 0) is 53.1 Å². The van der Waals surface area contributed by atoms with Gasteiger partial charge in [-0.2, -0.15) is 0 Å². The second-order valence-corrected chi connectivity index (χ2v) is 5.64. The molecule has 0 aliphatic carbocycles. The highest BCUT2D eigenvalue weighted by molar-refractivity contribution is 9.10. The van der Waals surface area contributed by atoms with Crippen molar-refractivity contribution in [3.8, 4) is 5.75 Å². The maximum atomic E-state index is 5.90. The first-order valence-electron chi connectivity index (χ1n) is 5.95. The van der Waals surface area contributed by atoms with Gasteiger partial charge in [0.1, 0.15) is 11.9 Å². The average molecular weight is 299 g/mol. The zero-order valence-electron chi connectivity index (χ0n) is 10.3. The Morgan fingerprint density at radius 2 is 2.24 bits per heavy atom. The Hall–Kier alpha value is -0.580. The minimum absolute atomic E-state index is 0.328. The molecule has 0 bridgehead atoms. The fraction of sp³-hybridized carbons (Fsp3) is 0.538. The van der Waals surface area contributed by atoms with E-state index in [2.05, 4.69) is 46.9 Å². The second kappa shape index (κ2) is 5.38. The molecule has 1 aromatic rings. The van der Waals surface area contributed by atoms with Crippen molar-refractivity contribution >= 4 is 15.9 Å². The molecule has 1 fully saturated rings. The molecule has 2 rings (SSSR count). The van der Waals surface area contributed by atoms with Crippen LogP contribution in [-0.2, 0) is 0 Å². The van der Waals surface area contributed by atoms with Gasteiger partial charge in [0.15, 0.2) is 0 Å². The predicted octanol–water partition coefficient (Wildman–Crippen LogP) is 2.20. The third-order valence-corrected chi connectivity index (χ3v) is 3.82. The van der Waals surface area contributed by atoms with Gasteiger partial charge in [0, 0.05) is 13.1 Å². The molecule has 4 heteroatoms. The van der Waals surface area contributed by atoms with Crippen LogP contribution in [0.3, 0.4) is 0 Å². The van der Waals surface area contributed by atoms with Crippen molar-refractivity contribution in [1.29, 1.82) is 0 Å². The number of likely N-dealkylation sites (tertiary alicyclic amines) is 1. The van der Waals surface area contributed by atoms with Crippen molar-refractivity contribution in [1.82, 2.24) is 4.90 Å². The molecule has 0 radical (unpaired) electrons. The van der Waals surface area contributed by atoms with Crippen LogP contribution in [0.1, 0.15) is 18.4 Å². The van der Waals surface area contributed by atoms with Crippen molar-refractivity contribution in [3.63, 3.8) is 0 Å². The highest BCUT2D eigenvalue weighted by Gasteiger charge is 2.25. The Labute approximate surface area is 111 Å². The zero-order chi connectivity index (χ0) is 12.4. The summed E-state index contributed by atoms with van der Waals surface area (Å²) < 4.78 is 6.92. The quantitative estimate of drug-likeness (QED) is 0.926. The molecule has 1 aliphatic rings. The molecule has 0 spiro atoms. The number of halogens is 1. The SMILES string of the molecule is CC(CN)c1ccc(OC2CN(C)C2)c(Br)c1. The lowest BCUT2D eigenvalue weighted by atomic mass is 10.0. The Morgan fingerprint density at radius 3 is 2.76 bits per heavy atom. The van der Waals surface area contributed by atoms with Crippen molar-refractivity contribution in [2.45, 2.75) is 18.9 Å². The Kier molecular flexibility index (Phi) is 4.07. The van der Waals surface area contributed by atoms with E-state index in [1.54, 1.807) is 0 Å². The largest absolute Gasteiger partial charge is 0.487 e. The summed E-state index contributed by atoms with van der Waals surface area (Å²) in [5, 5.41) is 0. The first kappa shape index (κ1) is 12.9. The van der Waals surface area contributed by atoms with Gasteiger partial charge in [-0.1, -0.05) is 13.0 Å². The van der Waals surface area contributed by atoms with E-state index in [0.29, 0.717) is 18.6 Å². The fourth-order valence-electron chi connectivity index (χ4n) is 1.95. The highest BCUT2D eigenvalue weighted by Crippen LogP contribution is 2.30. The summed E-state index contributed by atoms with van der Waals surface area (Å²) in [4.78, 5) is 2.24. The van der Waals surface area contributed by atoms with Gasteiger partial charge < -0.3 is 10.5 Å². The minimum atomic E-state index is 0.328. The summed E-state index contributed by atoms with van der Waals surface area (Å²) in [6.07, 6.45) is 0.328. The van der Waals surface area contributed by atoms with Crippen molar-refractivity contribution in [3.05, 3.63) is 28.2 Å². The van der Waals surface area contributed by atoms with Gasteiger partial charge in [0.2, 0.25) is 0 Å². The number of hydrogen-bond donors (Lipinski definition) is 1. The smallest absolute Gasteiger partial charge is 0.134 e. The van der Waals surface area contributed by atoms with Gasteiger partial charge in [-0.15, -0.1) is 0 Å². The van der Waals surface area contributed by atoms with Crippen molar-refractivity contribution in [2.24, 2.45) is 5.73 Å². The van der Waals surface area contributed by atoms with E-state index in [0.717, 1.165) is 23.3 Å². The number of ether oxygens (including phenoxy) is 1. The summed E-state index contributed by atoms with van der Waals surface area (Å²) in [6, 6.07) is 6.24. The molecule has 2 N–H and O–H groups in total. The molecule has 3 nitrogen and oxygen atoms in total. The maximum absolute atomic E-state index is 5.90. The monoisotopic (exact) mass is 298 g/mol. The number of hydrogen-bond acceptors (Lipinski definition) is 3. The molecule has 1 unspecified atom stereocenters. The molecule has 1 atom stereocenters. The van der Waals surface area contributed by atoms with Crippen LogP contribution in [0.15, 0.2) is 22.7 Å². The zero-order valence-corrected chi connectivity index (χ0v) is 11.9. The molecule has 1 heterocycles. The number of nitrogens with zero attached hydrogens (tertiary/aromatic N) is 1. The molecule has 1 aliphatic heterocycles. The lowest BCUT2D eigenvalue weighted by Gasteiger charge is -2.36. The van der Waals surface area contributed by atoms with Crippen LogP contribution in [0, 0.1) is 0 Å². The average Bonchev–Trinajstić information content (AvgIpc) is 2.28. The van der Waals surface area contributed by atoms with Crippen LogP contribution in [0.4, 0.5) is 0 Å². The molecule has 1 saturated heterocycles. The first-order valence-corrected chi connectivity index (χ1v) is 6.74. The minimum Gasteiger partial charge on any atom is -0.487 e.